The molecule has 1 rings (SSSR count). The topological polar surface area (TPSA) is 23.5 Å². The highest BCUT2D eigenvalue weighted by atomic mass is 16.3. The SMILES string of the molecule is CN1CCCCCC(O)CCCC1. The second-order valence-corrected chi connectivity index (χ2v) is 4.30. The van der Waals surface area contributed by atoms with E-state index in [1.807, 2.05) is 0 Å². The molecule has 1 fully saturated rings. The van der Waals surface area contributed by atoms with E-state index < -0.39 is 0 Å². The molecule has 2 nitrogen and oxygen atoms in total. The van der Waals surface area contributed by atoms with Gasteiger partial charge in [0.1, 0.15) is 0 Å². The summed E-state index contributed by atoms with van der Waals surface area (Å²) in [6.45, 7) is 2.43. The first-order valence-corrected chi connectivity index (χ1v) is 5.65. The highest BCUT2D eigenvalue weighted by Gasteiger charge is 2.06. The molecule has 1 heterocycles. The standard InChI is InChI=1S/C11H23NO/c1-12-9-5-2-3-7-11(13)8-4-6-10-12/h11,13H,2-10H2,1H3. The number of hydrogen-bond donors (Lipinski definition) is 1. The van der Waals surface area contributed by atoms with Gasteiger partial charge in [0.05, 0.1) is 6.10 Å². The quantitative estimate of drug-likeness (QED) is 0.624. The summed E-state index contributed by atoms with van der Waals surface area (Å²) in [7, 11) is 2.20. The number of nitrogens with zero attached hydrogens (tertiary/aromatic N) is 1. The van der Waals surface area contributed by atoms with E-state index in [9.17, 15) is 5.11 Å². The van der Waals surface area contributed by atoms with Crippen LogP contribution in [0.2, 0.25) is 0 Å². The predicted molar refractivity (Wildman–Crippen MR) is 55.8 cm³/mol. The van der Waals surface area contributed by atoms with Gasteiger partial charge in [-0.05, 0) is 52.2 Å². The van der Waals surface area contributed by atoms with E-state index in [0.29, 0.717) is 0 Å². The van der Waals surface area contributed by atoms with Crippen LogP contribution in [0.25, 0.3) is 0 Å². The van der Waals surface area contributed by atoms with Crippen molar-refractivity contribution in [3.05, 3.63) is 0 Å². The Morgan fingerprint density at radius 2 is 1.46 bits per heavy atom. The summed E-state index contributed by atoms with van der Waals surface area (Å²) in [5.74, 6) is 0. The normalized spacial score (nSPS) is 29.5. The fraction of sp³-hybridized carbons (Fsp3) is 1.00. The molecule has 2 heteroatoms. The molecular formula is C11H23NO. The van der Waals surface area contributed by atoms with Crippen molar-refractivity contribution in [1.29, 1.82) is 0 Å². The number of rotatable bonds is 0. The van der Waals surface area contributed by atoms with Crippen LogP contribution in [0.15, 0.2) is 0 Å². The fourth-order valence-corrected chi connectivity index (χ4v) is 1.96. The number of aliphatic hydroxyl groups excluding tert-OH is 1. The molecule has 0 aliphatic carbocycles. The zero-order chi connectivity index (χ0) is 9.52. The average molecular weight is 185 g/mol. The summed E-state index contributed by atoms with van der Waals surface area (Å²) in [5, 5.41) is 9.58. The van der Waals surface area contributed by atoms with E-state index >= 15 is 0 Å². The van der Waals surface area contributed by atoms with Crippen molar-refractivity contribution in [2.24, 2.45) is 0 Å². The molecule has 13 heavy (non-hydrogen) atoms. The van der Waals surface area contributed by atoms with E-state index in [0.717, 1.165) is 12.8 Å². The first kappa shape index (κ1) is 11.0. The van der Waals surface area contributed by atoms with Crippen molar-refractivity contribution in [2.45, 2.75) is 51.0 Å². The summed E-state index contributed by atoms with van der Waals surface area (Å²) >= 11 is 0. The van der Waals surface area contributed by atoms with Crippen molar-refractivity contribution in [3.8, 4) is 0 Å². The first-order chi connectivity index (χ1) is 6.29. The van der Waals surface area contributed by atoms with Gasteiger partial charge in [0.2, 0.25) is 0 Å². The predicted octanol–water partition coefficient (Wildman–Crippen LogP) is 2.02. The number of hydrogen-bond acceptors (Lipinski definition) is 2. The highest BCUT2D eigenvalue weighted by molar-refractivity contribution is 4.61. The Hall–Kier alpha value is -0.0800. The average Bonchev–Trinajstić information content (AvgIpc) is 2.14. The van der Waals surface area contributed by atoms with Gasteiger partial charge in [0.25, 0.3) is 0 Å². The Balaban J connectivity index is 2.22. The van der Waals surface area contributed by atoms with Gasteiger partial charge in [0, 0.05) is 0 Å². The summed E-state index contributed by atoms with van der Waals surface area (Å²) in [5.41, 5.74) is 0. The van der Waals surface area contributed by atoms with Gasteiger partial charge in [0.15, 0.2) is 0 Å². The van der Waals surface area contributed by atoms with E-state index in [1.54, 1.807) is 0 Å². The molecule has 1 atom stereocenters. The van der Waals surface area contributed by atoms with Gasteiger partial charge in [-0.2, -0.15) is 0 Å². The molecule has 1 aliphatic rings. The highest BCUT2D eigenvalue weighted by Crippen LogP contribution is 2.12. The molecule has 0 aromatic carbocycles. The monoisotopic (exact) mass is 185 g/mol. The largest absolute Gasteiger partial charge is 0.393 e. The minimum absolute atomic E-state index is 0.0246. The van der Waals surface area contributed by atoms with E-state index in [4.69, 9.17) is 0 Å². The Labute approximate surface area is 81.9 Å². The Morgan fingerprint density at radius 3 is 2.15 bits per heavy atom. The summed E-state index contributed by atoms with van der Waals surface area (Å²) in [6.07, 6.45) is 8.21. The molecule has 0 aromatic rings. The van der Waals surface area contributed by atoms with Crippen molar-refractivity contribution >= 4 is 0 Å². The second-order valence-electron chi connectivity index (χ2n) is 4.30. The third-order valence-corrected chi connectivity index (χ3v) is 2.90. The van der Waals surface area contributed by atoms with Crippen LogP contribution in [0.4, 0.5) is 0 Å². The summed E-state index contributed by atoms with van der Waals surface area (Å²) < 4.78 is 0. The maximum absolute atomic E-state index is 9.58. The molecule has 1 unspecified atom stereocenters. The number of aliphatic hydroxyl groups is 1. The van der Waals surface area contributed by atoms with Gasteiger partial charge in [-0.1, -0.05) is 12.8 Å². The van der Waals surface area contributed by atoms with Crippen LogP contribution in [0.5, 0.6) is 0 Å². The molecule has 0 saturated carbocycles. The molecule has 78 valence electrons. The smallest absolute Gasteiger partial charge is 0.0540 e. The minimum Gasteiger partial charge on any atom is -0.393 e. The molecule has 0 aromatic heterocycles. The maximum atomic E-state index is 9.58. The zero-order valence-corrected chi connectivity index (χ0v) is 8.84. The lowest BCUT2D eigenvalue weighted by atomic mass is 10.1. The van der Waals surface area contributed by atoms with E-state index in [-0.39, 0.29) is 6.10 Å². The third-order valence-electron chi connectivity index (χ3n) is 2.90. The molecule has 0 amide bonds. The van der Waals surface area contributed by atoms with Gasteiger partial charge in [-0.25, -0.2) is 0 Å². The zero-order valence-electron chi connectivity index (χ0n) is 8.84. The van der Waals surface area contributed by atoms with Crippen molar-refractivity contribution < 1.29 is 5.11 Å². The first-order valence-electron chi connectivity index (χ1n) is 5.65. The van der Waals surface area contributed by atoms with Gasteiger partial charge < -0.3 is 10.0 Å². The second kappa shape index (κ2) is 6.39. The van der Waals surface area contributed by atoms with Crippen LogP contribution < -0.4 is 0 Å². The van der Waals surface area contributed by atoms with Crippen LogP contribution in [0.1, 0.15) is 44.9 Å². The van der Waals surface area contributed by atoms with E-state index in [2.05, 4.69) is 11.9 Å². The fourth-order valence-electron chi connectivity index (χ4n) is 1.96. The van der Waals surface area contributed by atoms with Crippen molar-refractivity contribution in [1.82, 2.24) is 4.90 Å². The maximum Gasteiger partial charge on any atom is 0.0540 e. The summed E-state index contributed by atoms with van der Waals surface area (Å²) in [4.78, 5) is 2.41. The lowest BCUT2D eigenvalue weighted by molar-refractivity contribution is 0.148. The van der Waals surface area contributed by atoms with Crippen LogP contribution >= 0.6 is 0 Å². The van der Waals surface area contributed by atoms with Gasteiger partial charge in [-0.15, -0.1) is 0 Å². The van der Waals surface area contributed by atoms with Crippen molar-refractivity contribution in [3.63, 3.8) is 0 Å². The van der Waals surface area contributed by atoms with Gasteiger partial charge in [-0.3, -0.25) is 0 Å². The Kier molecular flexibility index (Phi) is 5.40. The molecule has 1 N–H and O–H groups in total. The van der Waals surface area contributed by atoms with Crippen LogP contribution in [-0.2, 0) is 0 Å². The molecule has 0 radical (unpaired) electrons. The third kappa shape index (κ3) is 5.27. The molecule has 1 saturated heterocycles. The molecule has 0 bridgehead atoms. The molecule has 0 spiro atoms. The van der Waals surface area contributed by atoms with Crippen LogP contribution in [-0.4, -0.2) is 36.2 Å². The lowest BCUT2D eigenvalue weighted by Crippen LogP contribution is -2.20. The van der Waals surface area contributed by atoms with E-state index in [1.165, 1.54) is 45.2 Å². The Bertz CT molecular complexity index is 113. The molecule has 1 aliphatic heterocycles. The van der Waals surface area contributed by atoms with Crippen molar-refractivity contribution in [2.75, 3.05) is 20.1 Å². The van der Waals surface area contributed by atoms with Crippen LogP contribution in [0.3, 0.4) is 0 Å². The van der Waals surface area contributed by atoms with Crippen LogP contribution in [0, 0.1) is 0 Å². The lowest BCUT2D eigenvalue weighted by Gasteiger charge is -2.15. The summed E-state index contributed by atoms with van der Waals surface area (Å²) in [6, 6.07) is 0. The van der Waals surface area contributed by atoms with Gasteiger partial charge >= 0.3 is 0 Å². The molecular weight excluding hydrogens is 162 g/mol. The Morgan fingerprint density at radius 1 is 0.923 bits per heavy atom. The minimum atomic E-state index is -0.0246.